The van der Waals surface area contributed by atoms with E-state index in [-0.39, 0.29) is 17.7 Å². The number of hydrogen-bond donors (Lipinski definition) is 1. The molecule has 1 aliphatic carbocycles. The highest BCUT2D eigenvalue weighted by molar-refractivity contribution is 5.97. The third kappa shape index (κ3) is 2.48. The second-order valence-corrected chi connectivity index (χ2v) is 6.34. The average molecular weight is 312 g/mol. The third-order valence-electron chi connectivity index (χ3n) is 4.72. The first-order valence-corrected chi connectivity index (χ1v) is 8.23. The molecular weight excluding hydrogens is 292 g/mol. The van der Waals surface area contributed by atoms with Crippen LogP contribution in [0, 0.1) is 5.92 Å². The first kappa shape index (κ1) is 14.2. The molecule has 1 aromatic carbocycles. The average Bonchev–Trinajstić information content (AvgIpc) is 3.22. The van der Waals surface area contributed by atoms with Gasteiger partial charge < -0.3 is 9.47 Å². The SMILES string of the molecule is CCn1c(NC(=O)[C@H]2CC(=O)N(C3CC3)C2)nc2ccccc21. The molecule has 6 nitrogen and oxygen atoms in total. The zero-order chi connectivity index (χ0) is 16.0. The van der Waals surface area contributed by atoms with Gasteiger partial charge in [0.2, 0.25) is 17.8 Å². The Morgan fingerprint density at radius 2 is 2.13 bits per heavy atom. The van der Waals surface area contributed by atoms with Crippen molar-refractivity contribution in [2.75, 3.05) is 11.9 Å². The minimum Gasteiger partial charge on any atom is -0.339 e. The van der Waals surface area contributed by atoms with Crippen molar-refractivity contribution >= 4 is 28.8 Å². The Hall–Kier alpha value is -2.37. The van der Waals surface area contributed by atoms with Gasteiger partial charge in [-0.1, -0.05) is 12.1 Å². The number of nitrogens with zero attached hydrogens (tertiary/aromatic N) is 3. The number of aromatic nitrogens is 2. The Kier molecular flexibility index (Phi) is 3.32. The van der Waals surface area contributed by atoms with E-state index >= 15 is 0 Å². The maximum Gasteiger partial charge on any atom is 0.232 e. The number of hydrogen-bond acceptors (Lipinski definition) is 3. The van der Waals surface area contributed by atoms with Crippen molar-refractivity contribution in [2.45, 2.75) is 38.8 Å². The van der Waals surface area contributed by atoms with Crippen LogP contribution in [0.3, 0.4) is 0 Å². The molecule has 0 bridgehead atoms. The van der Waals surface area contributed by atoms with Crippen LogP contribution >= 0.6 is 0 Å². The lowest BCUT2D eigenvalue weighted by Gasteiger charge is -2.15. The number of carbonyl (C=O) groups excluding carboxylic acids is 2. The Bertz CT molecular complexity index is 778. The smallest absolute Gasteiger partial charge is 0.232 e. The largest absolute Gasteiger partial charge is 0.339 e. The molecule has 2 aliphatic rings. The van der Waals surface area contributed by atoms with Crippen LogP contribution < -0.4 is 5.32 Å². The van der Waals surface area contributed by atoms with E-state index < -0.39 is 0 Å². The second-order valence-electron chi connectivity index (χ2n) is 6.34. The highest BCUT2D eigenvalue weighted by Gasteiger charge is 2.41. The van der Waals surface area contributed by atoms with Crippen LogP contribution in [-0.2, 0) is 16.1 Å². The number of imidazole rings is 1. The summed E-state index contributed by atoms with van der Waals surface area (Å²) in [5.41, 5.74) is 1.87. The van der Waals surface area contributed by atoms with Gasteiger partial charge in [0, 0.05) is 25.6 Å². The van der Waals surface area contributed by atoms with E-state index in [0.717, 1.165) is 30.4 Å². The van der Waals surface area contributed by atoms with Gasteiger partial charge in [-0.05, 0) is 31.9 Å². The van der Waals surface area contributed by atoms with Gasteiger partial charge in [0.15, 0.2) is 0 Å². The molecule has 2 amide bonds. The first-order chi connectivity index (χ1) is 11.2. The maximum absolute atomic E-state index is 12.6. The number of anilines is 1. The zero-order valence-corrected chi connectivity index (χ0v) is 13.2. The summed E-state index contributed by atoms with van der Waals surface area (Å²) >= 11 is 0. The van der Waals surface area contributed by atoms with Crippen LogP contribution in [0.5, 0.6) is 0 Å². The molecule has 1 atom stereocenters. The molecule has 1 aliphatic heterocycles. The number of aryl methyl sites for hydroxylation is 1. The monoisotopic (exact) mass is 312 g/mol. The highest BCUT2D eigenvalue weighted by atomic mass is 16.2. The van der Waals surface area contributed by atoms with Crippen molar-refractivity contribution in [1.82, 2.24) is 14.5 Å². The molecule has 0 unspecified atom stereocenters. The molecule has 120 valence electrons. The summed E-state index contributed by atoms with van der Waals surface area (Å²) < 4.78 is 1.99. The predicted molar refractivity (Wildman–Crippen MR) is 86.9 cm³/mol. The number of benzene rings is 1. The number of likely N-dealkylation sites (tertiary alicyclic amines) is 1. The number of amides is 2. The lowest BCUT2D eigenvalue weighted by molar-refractivity contribution is -0.128. The van der Waals surface area contributed by atoms with Crippen LogP contribution in [0.1, 0.15) is 26.2 Å². The fourth-order valence-electron chi connectivity index (χ4n) is 3.35. The van der Waals surface area contributed by atoms with Crippen molar-refractivity contribution < 1.29 is 9.59 Å². The minimum atomic E-state index is -0.270. The molecule has 0 radical (unpaired) electrons. The van der Waals surface area contributed by atoms with Gasteiger partial charge in [-0.15, -0.1) is 0 Å². The van der Waals surface area contributed by atoms with Gasteiger partial charge in [0.25, 0.3) is 0 Å². The molecular formula is C17H20N4O2. The highest BCUT2D eigenvalue weighted by Crippen LogP contribution is 2.33. The molecule has 0 spiro atoms. The van der Waals surface area contributed by atoms with E-state index in [2.05, 4.69) is 10.3 Å². The van der Waals surface area contributed by atoms with Gasteiger partial charge in [0.05, 0.1) is 17.0 Å². The lowest BCUT2D eigenvalue weighted by Crippen LogP contribution is -2.30. The van der Waals surface area contributed by atoms with Crippen LogP contribution in [0.4, 0.5) is 5.95 Å². The van der Waals surface area contributed by atoms with E-state index in [4.69, 9.17) is 0 Å². The minimum absolute atomic E-state index is 0.105. The van der Waals surface area contributed by atoms with E-state index in [1.165, 1.54) is 0 Å². The Morgan fingerprint density at radius 1 is 1.35 bits per heavy atom. The van der Waals surface area contributed by atoms with E-state index in [0.29, 0.717) is 25.0 Å². The normalized spacial score (nSPS) is 21.2. The van der Waals surface area contributed by atoms with Gasteiger partial charge in [-0.3, -0.25) is 14.9 Å². The topological polar surface area (TPSA) is 67.2 Å². The van der Waals surface area contributed by atoms with Crippen molar-refractivity contribution in [3.05, 3.63) is 24.3 Å². The summed E-state index contributed by atoms with van der Waals surface area (Å²) in [4.78, 5) is 30.9. The number of para-hydroxylation sites is 2. The van der Waals surface area contributed by atoms with E-state index in [1.54, 1.807) is 0 Å². The van der Waals surface area contributed by atoms with Crippen molar-refractivity contribution in [3.63, 3.8) is 0 Å². The Morgan fingerprint density at radius 3 is 2.87 bits per heavy atom. The number of rotatable bonds is 4. The zero-order valence-electron chi connectivity index (χ0n) is 13.2. The Balaban J connectivity index is 1.54. The molecule has 23 heavy (non-hydrogen) atoms. The number of nitrogens with one attached hydrogen (secondary N) is 1. The summed E-state index contributed by atoms with van der Waals surface area (Å²) in [5, 5.41) is 2.93. The van der Waals surface area contributed by atoms with Crippen LogP contribution in [0.25, 0.3) is 11.0 Å². The second kappa shape index (κ2) is 5.37. The van der Waals surface area contributed by atoms with Crippen LogP contribution in [0.2, 0.25) is 0 Å². The fraction of sp³-hybridized carbons (Fsp3) is 0.471. The molecule has 4 rings (SSSR count). The third-order valence-corrected chi connectivity index (χ3v) is 4.72. The van der Waals surface area contributed by atoms with E-state index in [9.17, 15) is 9.59 Å². The molecule has 2 heterocycles. The predicted octanol–water partition coefficient (Wildman–Crippen LogP) is 2.01. The molecule has 1 N–H and O–H groups in total. The lowest BCUT2D eigenvalue weighted by atomic mass is 10.1. The maximum atomic E-state index is 12.6. The summed E-state index contributed by atoms with van der Waals surface area (Å²) in [7, 11) is 0. The van der Waals surface area contributed by atoms with Gasteiger partial charge in [0.1, 0.15) is 0 Å². The summed E-state index contributed by atoms with van der Waals surface area (Å²) in [5.74, 6) is 0.299. The fourth-order valence-corrected chi connectivity index (χ4v) is 3.35. The summed E-state index contributed by atoms with van der Waals surface area (Å²) in [6, 6.07) is 8.20. The van der Waals surface area contributed by atoms with Crippen molar-refractivity contribution in [1.29, 1.82) is 0 Å². The molecule has 2 aromatic rings. The van der Waals surface area contributed by atoms with Gasteiger partial charge in [-0.25, -0.2) is 4.98 Å². The number of carbonyl (C=O) groups is 2. The van der Waals surface area contributed by atoms with E-state index in [1.807, 2.05) is 40.7 Å². The summed E-state index contributed by atoms with van der Waals surface area (Å²) in [6.45, 7) is 3.30. The molecule has 6 heteroatoms. The van der Waals surface area contributed by atoms with Crippen LogP contribution in [0.15, 0.2) is 24.3 Å². The molecule has 1 aromatic heterocycles. The van der Waals surface area contributed by atoms with Crippen molar-refractivity contribution in [3.8, 4) is 0 Å². The number of fused-ring (bicyclic) bond motifs is 1. The molecule has 1 saturated heterocycles. The standard InChI is InChI=1S/C17H20N4O2/c1-2-20-14-6-4-3-5-13(14)18-17(20)19-16(23)11-9-15(22)21(10-11)12-7-8-12/h3-6,11-12H,2,7-10H2,1H3,(H,18,19,23)/t11-/m0/s1. The van der Waals surface area contributed by atoms with Gasteiger partial charge >= 0.3 is 0 Å². The van der Waals surface area contributed by atoms with Crippen molar-refractivity contribution in [2.24, 2.45) is 5.92 Å². The van der Waals surface area contributed by atoms with Gasteiger partial charge in [-0.2, -0.15) is 0 Å². The Labute approximate surface area is 134 Å². The first-order valence-electron chi connectivity index (χ1n) is 8.23. The molecule has 2 fully saturated rings. The quantitative estimate of drug-likeness (QED) is 0.939. The molecule has 1 saturated carbocycles. The summed E-state index contributed by atoms with van der Waals surface area (Å²) in [6.07, 6.45) is 2.46. The van der Waals surface area contributed by atoms with Crippen LogP contribution in [-0.4, -0.2) is 38.9 Å².